The van der Waals surface area contributed by atoms with Crippen molar-refractivity contribution in [2.75, 3.05) is 13.2 Å². The van der Waals surface area contributed by atoms with E-state index in [1.165, 1.54) is 11.3 Å². The minimum absolute atomic E-state index is 0.0781. The molecule has 2 rings (SSSR count). The average molecular weight is 295 g/mol. The van der Waals surface area contributed by atoms with Crippen molar-refractivity contribution < 1.29 is 4.74 Å². The number of hydrazine groups is 1. The van der Waals surface area contributed by atoms with Crippen molar-refractivity contribution in [1.82, 2.24) is 5.43 Å². The first kappa shape index (κ1) is 13.6. The lowest BCUT2D eigenvalue weighted by Crippen LogP contribution is -2.31. The fourth-order valence-electron chi connectivity index (χ4n) is 2.19. The standard InChI is InChI=1S/C11H16Cl2N2OS/c12-10-6-8(11(13)17-10)9(15-14)5-7-1-3-16-4-2-7/h6-7,9,15H,1-5,14H2. The maximum Gasteiger partial charge on any atom is 0.0992 e. The van der Waals surface area contributed by atoms with Gasteiger partial charge in [0.05, 0.1) is 8.67 Å². The summed E-state index contributed by atoms with van der Waals surface area (Å²) in [5.41, 5.74) is 3.85. The number of nitrogens with one attached hydrogen (secondary N) is 1. The molecule has 0 spiro atoms. The van der Waals surface area contributed by atoms with Crippen molar-refractivity contribution in [3.05, 3.63) is 20.3 Å². The molecule has 0 aromatic carbocycles. The van der Waals surface area contributed by atoms with E-state index in [4.69, 9.17) is 33.8 Å². The van der Waals surface area contributed by atoms with Gasteiger partial charge in [-0.05, 0) is 31.2 Å². The largest absolute Gasteiger partial charge is 0.381 e. The van der Waals surface area contributed by atoms with Gasteiger partial charge in [0, 0.05) is 24.8 Å². The zero-order valence-corrected chi connectivity index (χ0v) is 11.7. The van der Waals surface area contributed by atoms with E-state index in [0.29, 0.717) is 10.3 Å². The summed E-state index contributed by atoms with van der Waals surface area (Å²) in [6.45, 7) is 1.69. The molecule has 1 fully saturated rings. The molecule has 1 aliphatic heterocycles. The number of hydrogen-bond acceptors (Lipinski definition) is 4. The van der Waals surface area contributed by atoms with Crippen molar-refractivity contribution in [3.63, 3.8) is 0 Å². The van der Waals surface area contributed by atoms with Crippen molar-refractivity contribution in [2.45, 2.75) is 25.3 Å². The third kappa shape index (κ3) is 3.56. The Hall–Kier alpha value is 0.160. The first-order valence-corrected chi connectivity index (χ1v) is 7.26. The van der Waals surface area contributed by atoms with Crippen LogP contribution in [-0.2, 0) is 4.74 Å². The van der Waals surface area contributed by atoms with Crippen LogP contribution in [0, 0.1) is 5.92 Å². The highest BCUT2D eigenvalue weighted by molar-refractivity contribution is 7.20. The number of halogens is 2. The summed E-state index contributed by atoms with van der Waals surface area (Å²) < 4.78 is 6.78. The van der Waals surface area contributed by atoms with E-state index >= 15 is 0 Å². The van der Waals surface area contributed by atoms with Crippen LogP contribution in [0.2, 0.25) is 8.67 Å². The molecule has 3 nitrogen and oxygen atoms in total. The van der Waals surface area contributed by atoms with Crippen molar-refractivity contribution in [1.29, 1.82) is 0 Å². The van der Waals surface area contributed by atoms with E-state index in [1.807, 2.05) is 6.07 Å². The van der Waals surface area contributed by atoms with Crippen LogP contribution in [0.1, 0.15) is 30.9 Å². The van der Waals surface area contributed by atoms with Gasteiger partial charge in [-0.25, -0.2) is 0 Å². The van der Waals surface area contributed by atoms with Gasteiger partial charge >= 0.3 is 0 Å². The van der Waals surface area contributed by atoms with Crippen LogP contribution >= 0.6 is 34.5 Å². The highest BCUT2D eigenvalue weighted by Gasteiger charge is 2.22. The first-order valence-electron chi connectivity index (χ1n) is 5.69. The lowest BCUT2D eigenvalue weighted by atomic mass is 9.90. The van der Waals surface area contributed by atoms with Gasteiger partial charge in [0.1, 0.15) is 0 Å². The second kappa shape index (κ2) is 6.36. The highest BCUT2D eigenvalue weighted by Crippen LogP contribution is 2.37. The third-order valence-corrected chi connectivity index (χ3v) is 4.69. The molecule has 1 saturated heterocycles. The Balaban J connectivity index is 2.02. The van der Waals surface area contributed by atoms with Crippen LogP contribution in [-0.4, -0.2) is 13.2 Å². The maximum atomic E-state index is 6.15. The Labute approximate surface area is 115 Å². The van der Waals surface area contributed by atoms with E-state index in [9.17, 15) is 0 Å². The zero-order valence-electron chi connectivity index (χ0n) is 9.42. The Morgan fingerprint density at radius 3 is 2.71 bits per heavy atom. The molecule has 17 heavy (non-hydrogen) atoms. The van der Waals surface area contributed by atoms with E-state index in [0.717, 1.165) is 42.4 Å². The van der Waals surface area contributed by atoms with Gasteiger partial charge in [-0.2, -0.15) is 0 Å². The Morgan fingerprint density at radius 2 is 2.18 bits per heavy atom. The van der Waals surface area contributed by atoms with Gasteiger partial charge in [0.25, 0.3) is 0 Å². The summed E-state index contributed by atoms with van der Waals surface area (Å²) in [6.07, 6.45) is 3.16. The molecule has 6 heteroatoms. The molecule has 2 heterocycles. The zero-order chi connectivity index (χ0) is 12.3. The fraction of sp³-hybridized carbons (Fsp3) is 0.636. The van der Waals surface area contributed by atoms with Crippen LogP contribution in [0.3, 0.4) is 0 Å². The Morgan fingerprint density at radius 1 is 1.47 bits per heavy atom. The molecular weight excluding hydrogens is 279 g/mol. The molecule has 0 bridgehead atoms. The average Bonchev–Trinajstić information content (AvgIpc) is 2.67. The maximum absolute atomic E-state index is 6.15. The van der Waals surface area contributed by atoms with Gasteiger partial charge < -0.3 is 4.74 Å². The summed E-state index contributed by atoms with van der Waals surface area (Å²) in [4.78, 5) is 0. The summed E-state index contributed by atoms with van der Waals surface area (Å²) in [5.74, 6) is 6.26. The minimum atomic E-state index is 0.0781. The van der Waals surface area contributed by atoms with E-state index in [1.54, 1.807) is 0 Å². The molecule has 1 unspecified atom stereocenters. The number of rotatable bonds is 4. The topological polar surface area (TPSA) is 47.3 Å². The quantitative estimate of drug-likeness (QED) is 0.661. The normalized spacial score (nSPS) is 19.5. The molecular formula is C11H16Cl2N2OS. The third-order valence-electron chi connectivity index (χ3n) is 3.17. The molecule has 0 amide bonds. The predicted molar refractivity (Wildman–Crippen MR) is 72.6 cm³/mol. The first-order chi connectivity index (χ1) is 8.20. The van der Waals surface area contributed by atoms with Crippen LogP contribution in [0.5, 0.6) is 0 Å². The monoisotopic (exact) mass is 294 g/mol. The molecule has 0 saturated carbocycles. The van der Waals surface area contributed by atoms with Crippen molar-refractivity contribution in [2.24, 2.45) is 11.8 Å². The molecule has 1 aliphatic rings. The SMILES string of the molecule is NNC(CC1CCOCC1)c1cc(Cl)sc1Cl. The van der Waals surface area contributed by atoms with Crippen LogP contribution in [0.15, 0.2) is 6.07 Å². The van der Waals surface area contributed by atoms with Crippen molar-refractivity contribution in [3.8, 4) is 0 Å². The Bertz CT molecular complexity index is 366. The van der Waals surface area contributed by atoms with Crippen molar-refractivity contribution >= 4 is 34.5 Å². The molecule has 3 N–H and O–H groups in total. The molecule has 0 aliphatic carbocycles. The van der Waals surface area contributed by atoms with Gasteiger partial charge in [-0.1, -0.05) is 23.2 Å². The molecule has 1 atom stereocenters. The predicted octanol–water partition coefficient (Wildman–Crippen LogP) is 3.38. The van der Waals surface area contributed by atoms with E-state index in [-0.39, 0.29) is 6.04 Å². The van der Waals surface area contributed by atoms with Gasteiger partial charge in [-0.3, -0.25) is 11.3 Å². The summed E-state index contributed by atoms with van der Waals surface area (Å²) in [7, 11) is 0. The number of nitrogens with two attached hydrogens (primary N) is 1. The van der Waals surface area contributed by atoms with E-state index in [2.05, 4.69) is 5.43 Å². The highest BCUT2D eigenvalue weighted by atomic mass is 35.5. The Kier molecular flexibility index (Phi) is 5.09. The molecule has 1 aromatic heterocycles. The van der Waals surface area contributed by atoms with E-state index < -0.39 is 0 Å². The van der Waals surface area contributed by atoms with Gasteiger partial charge in [-0.15, -0.1) is 11.3 Å². The summed E-state index contributed by atoms with van der Waals surface area (Å²) in [6, 6.07) is 1.98. The van der Waals surface area contributed by atoms with Crippen LogP contribution in [0.25, 0.3) is 0 Å². The lowest BCUT2D eigenvalue weighted by molar-refractivity contribution is 0.0605. The van der Waals surface area contributed by atoms with Gasteiger partial charge in [0.2, 0.25) is 0 Å². The van der Waals surface area contributed by atoms with Crippen LogP contribution in [0.4, 0.5) is 0 Å². The second-order valence-corrected chi connectivity index (χ2v) is 6.58. The molecule has 0 radical (unpaired) electrons. The minimum Gasteiger partial charge on any atom is -0.381 e. The number of thiophene rings is 1. The number of ether oxygens (including phenoxy) is 1. The summed E-state index contributed by atoms with van der Waals surface area (Å²) >= 11 is 13.5. The van der Waals surface area contributed by atoms with Crippen LogP contribution < -0.4 is 11.3 Å². The molecule has 1 aromatic rings. The van der Waals surface area contributed by atoms with Gasteiger partial charge in [0.15, 0.2) is 0 Å². The summed E-state index contributed by atoms with van der Waals surface area (Å²) in [5, 5.41) is 0. The lowest BCUT2D eigenvalue weighted by Gasteiger charge is -2.26. The smallest absolute Gasteiger partial charge is 0.0992 e. The second-order valence-electron chi connectivity index (χ2n) is 4.29. The fourth-order valence-corrected chi connectivity index (χ4v) is 3.77. The molecule has 96 valence electrons. The number of hydrogen-bond donors (Lipinski definition) is 2.